The monoisotopic (exact) mass is 393 g/mol. The zero-order chi connectivity index (χ0) is 19.1. The number of thioether (sulfide) groups is 1. The maximum Gasteiger partial charge on any atom is 0.315 e. The van der Waals surface area contributed by atoms with Crippen molar-refractivity contribution in [2.45, 2.75) is 68.3 Å². The molecule has 3 amide bonds. The van der Waals surface area contributed by atoms with E-state index in [-0.39, 0.29) is 29.8 Å². The Hall–Kier alpha value is -1.76. The first-order valence-corrected chi connectivity index (χ1v) is 10.9. The Bertz CT molecular complexity index is 665. The number of rotatable bonds is 6. The van der Waals surface area contributed by atoms with Crippen LogP contribution in [0.3, 0.4) is 0 Å². The molecule has 1 aliphatic carbocycles. The van der Waals surface area contributed by atoms with Gasteiger partial charge in [0.05, 0.1) is 6.04 Å². The van der Waals surface area contributed by atoms with Crippen LogP contribution in [0.15, 0.2) is 23.1 Å². The van der Waals surface area contributed by atoms with Gasteiger partial charge >= 0.3 is 6.03 Å². The van der Waals surface area contributed by atoms with E-state index in [0.29, 0.717) is 19.4 Å². The van der Waals surface area contributed by atoms with Crippen molar-refractivity contribution in [1.82, 2.24) is 16.0 Å². The number of hydrogen-bond acceptors (Lipinski definition) is 3. The standard InChI is InChI=1S/C20H28FN3O2S/c21-14-8-9-18-16(13-14)17(10-12-27-18)24-19(25)7-4-11-22-20(26)23-15-5-2-1-3-6-15/h8-9,13,15,17H,1-7,10-12H2,(H,24,25)(H2,22,23,26)/t17-/m1/s1. The largest absolute Gasteiger partial charge is 0.349 e. The average molecular weight is 394 g/mol. The SMILES string of the molecule is O=C(CCCNC(=O)NC1CCCCC1)N[C@@H]1CCSc2ccc(F)cc21. The van der Waals surface area contributed by atoms with Crippen molar-refractivity contribution < 1.29 is 14.0 Å². The Morgan fingerprint density at radius 2 is 1.93 bits per heavy atom. The molecule has 1 saturated carbocycles. The van der Waals surface area contributed by atoms with Crippen molar-refractivity contribution in [2.75, 3.05) is 12.3 Å². The minimum absolute atomic E-state index is 0.0587. The highest BCUT2D eigenvalue weighted by Crippen LogP contribution is 2.36. The predicted octanol–water partition coefficient (Wildman–Crippen LogP) is 3.89. The van der Waals surface area contributed by atoms with Gasteiger partial charge in [-0.05, 0) is 49.4 Å². The fraction of sp³-hybridized carbons (Fsp3) is 0.600. The average Bonchev–Trinajstić information content (AvgIpc) is 2.66. The van der Waals surface area contributed by atoms with Gasteiger partial charge in [0.1, 0.15) is 5.82 Å². The molecule has 0 spiro atoms. The lowest BCUT2D eigenvalue weighted by atomic mass is 9.96. The molecular weight excluding hydrogens is 365 g/mol. The third-order valence-electron chi connectivity index (χ3n) is 5.15. The van der Waals surface area contributed by atoms with Crippen LogP contribution in [-0.4, -0.2) is 30.3 Å². The molecule has 0 unspecified atom stereocenters. The van der Waals surface area contributed by atoms with E-state index in [1.807, 2.05) is 0 Å². The number of hydrogen-bond donors (Lipinski definition) is 3. The van der Waals surface area contributed by atoms with Gasteiger partial charge in [-0.25, -0.2) is 9.18 Å². The van der Waals surface area contributed by atoms with Crippen LogP contribution in [0.4, 0.5) is 9.18 Å². The van der Waals surface area contributed by atoms with Crippen molar-refractivity contribution in [3.05, 3.63) is 29.6 Å². The van der Waals surface area contributed by atoms with Crippen LogP contribution in [0.25, 0.3) is 0 Å². The second-order valence-corrected chi connectivity index (χ2v) is 8.41. The lowest BCUT2D eigenvalue weighted by molar-refractivity contribution is -0.122. The summed E-state index contributed by atoms with van der Waals surface area (Å²) in [6.45, 7) is 0.470. The summed E-state index contributed by atoms with van der Waals surface area (Å²) in [6, 6.07) is 4.77. The van der Waals surface area contributed by atoms with Gasteiger partial charge in [-0.2, -0.15) is 0 Å². The number of amides is 3. The first-order chi connectivity index (χ1) is 13.1. The quantitative estimate of drug-likeness (QED) is 0.642. The Balaban J connectivity index is 1.35. The molecule has 0 saturated heterocycles. The molecule has 1 aliphatic heterocycles. The fourth-order valence-corrected chi connectivity index (χ4v) is 4.82. The van der Waals surface area contributed by atoms with Gasteiger partial charge in [-0.3, -0.25) is 4.79 Å². The molecule has 1 aromatic carbocycles. The van der Waals surface area contributed by atoms with Crippen LogP contribution in [0.5, 0.6) is 0 Å². The van der Waals surface area contributed by atoms with E-state index in [9.17, 15) is 14.0 Å². The smallest absolute Gasteiger partial charge is 0.315 e. The molecule has 7 heteroatoms. The van der Waals surface area contributed by atoms with E-state index in [1.54, 1.807) is 17.8 Å². The number of halogens is 1. The summed E-state index contributed by atoms with van der Waals surface area (Å²) in [4.78, 5) is 25.1. The number of urea groups is 1. The molecule has 148 valence electrons. The van der Waals surface area contributed by atoms with Crippen LogP contribution in [0, 0.1) is 5.82 Å². The van der Waals surface area contributed by atoms with Crippen molar-refractivity contribution in [2.24, 2.45) is 0 Å². The van der Waals surface area contributed by atoms with E-state index in [2.05, 4.69) is 16.0 Å². The highest BCUT2D eigenvalue weighted by Gasteiger charge is 2.22. The number of benzene rings is 1. The van der Waals surface area contributed by atoms with Gasteiger partial charge in [-0.15, -0.1) is 11.8 Å². The highest BCUT2D eigenvalue weighted by atomic mass is 32.2. The lowest BCUT2D eigenvalue weighted by Gasteiger charge is -2.26. The van der Waals surface area contributed by atoms with E-state index in [1.165, 1.54) is 31.4 Å². The topological polar surface area (TPSA) is 70.2 Å². The van der Waals surface area contributed by atoms with Crippen LogP contribution in [0.2, 0.25) is 0 Å². The molecule has 1 aromatic rings. The van der Waals surface area contributed by atoms with E-state index in [4.69, 9.17) is 0 Å². The normalized spacial score (nSPS) is 19.8. The summed E-state index contributed by atoms with van der Waals surface area (Å²) in [5.74, 6) is 0.576. The Morgan fingerprint density at radius 1 is 1.11 bits per heavy atom. The van der Waals surface area contributed by atoms with Gasteiger partial charge in [0.2, 0.25) is 5.91 Å². The van der Waals surface area contributed by atoms with Gasteiger partial charge in [0.15, 0.2) is 0 Å². The van der Waals surface area contributed by atoms with Crippen molar-refractivity contribution in [1.29, 1.82) is 0 Å². The van der Waals surface area contributed by atoms with Gasteiger partial charge in [0.25, 0.3) is 0 Å². The molecule has 1 fully saturated rings. The second kappa shape index (κ2) is 9.97. The number of fused-ring (bicyclic) bond motifs is 1. The molecule has 5 nitrogen and oxygen atoms in total. The number of nitrogens with one attached hydrogen (secondary N) is 3. The maximum absolute atomic E-state index is 13.5. The Kier molecular flexibility index (Phi) is 7.38. The maximum atomic E-state index is 13.5. The predicted molar refractivity (Wildman–Crippen MR) is 105 cm³/mol. The zero-order valence-electron chi connectivity index (χ0n) is 15.6. The van der Waals surface area contributed by atoms with Crippen LogP contribution in [0.1, 0.15) is 63.0 Å². The minimum atomic E-state index is -0.274. The summed E-state index contributed by atoms with van der Waals surface area (Å²) < 4.78 is 13.5. The number of carbonyl (C=O) groups excluding carboxylic acids is 2. The third-order valence-corrected chi connectivity index (χ3v) is 6.28. The summed E-state index contributed by atoms with van der Waals surface area (Å²) in [7, 11) is 0. The fourth-order valence-electron chi connectivity index (χ4n) is 3.72. The molecule has 0 bridgehead atoms. The summed E-state index contributed by atoms with van der Waals surface area (Å²) in [5, 5.41) is 8.84. The number of carbonyl (C=O) groups is 2. The molecule has 2 aliphatic rings. The van der Waals surface area contributed by atoms with E-state index in [0.717, 1.165) is 35.5 Å². The minimum Gasteiger partial charge on any atom is -0.349 e. The molecule has 1 heterocycles. The lowest BCUT2D eigenvalue weighted by Crippen LogP contribution is -2.43. The van der Waals surface area contributed by atoms with Gasteiger partial charge < -0.3 is 16.0 Å². The van der Waals surface area contributed by atoms with E-state index >= 15 is 0 Å². The first-order valence-electron chi connectivity index (χ1n) is 9.88. The van der Waals surface area contributed by atoms with E-state index < -0.39 is 0 Å². The first kappa shape index (κ1) is 20.0. The van der Waals surface area contributed by atoms with Crippen molar-refractivity contribution in [3.63, 3.8) is 0 Å². The van der Waals surface area contributed by atoms with Crippen molar-refractivity contribution >= 4 is 23.7 Å². The Labute approximate surface area is 164 Å². The van der Waals surface area contributed by atoms with Crippen LogP contribution >= 0.6 is 11.8 Å². The molecule has 3 rings (SSSR count). The molecule has 1 atom stereocenters. The molecular formula is C20H28FN3O2S. The summed E-state index contributed by atoms with van der Waals surface area (Å²) in [5.41, 5.74) is 0.865. The molecule has 3 N–H and O–H groups in total. The molecule has 27 heavy (non-hydrogen) atoms. The van der Waals surface area contributed by atoms with Crippen molar-refractivity contribution in [3.8, 4) is 0 Å². The summed E-state index contributed by atoms with van der Waals surface area (Å²) >= 11 is 1.69. The summed E-state index contributed by atoms with van der Waals surface area (Å²) in [6.07, 6.45) is 7.45. The third kappa shape index (κ3) is 6.13. The van der Waals surface area contributed by atoms with Gasteiger partial charge in [-0.1, -0.05) is 19.3 Å². The molecule has 0 radical (unpaired) electrons. The Morgan fingerprint density at radius 3 is 2.74 bits per heavy atom. The highest BCUT2D eigenvalue weighted by molar-refractivity contribution is 7.99. The molecule has 0 aromatic heterocycles. The van der Waals surface area contributed by atoms with Gasteiger partial charge in [0, 0.05) is 29.7 Å². The zero-order valence-corrected chi connectivity index (χ0v) is 16.4. The van der Waals surface area contributed by atoms with Crippen LogP contribution < -0.4 is 16.0 Å². The second-order valence-electron chi connectivity index (χ2n) is 7.28. The van der Waals surface area contributed by atoms with Crippen LogP contribution in [-0.2, 0) is 4.79 Å².